The number of imide groups is 1. The average Bonchev–Trinajstić information content (AvgIpc) is 3.45. The van der Waals surface area contributed by atoms with E-state index in [1.165, 1.54) is 4.90 Å². The van der Waals surface area contributed by atoms with Gasteiger partial charge in [0, 0.05) is 51.4 Å². The predicted octanol–water partition coefficient (Wildman–Crippen LogP) is 1.77. The fourth-order valence-electron chi connectivity index (χ4n) is 4.91. The van der Waals surface area contributed by atoms with Crippen LogP contribution in [-0.4, -0.2) is 69.3 Å². The molecule has 34 heavy (non-hydrogen) atoms. The molecule has 4 rings (SSSR count). The van der Waals surface area contributed by atoms with Gasteiger partial charge in [-0.2, -0.15) is 0 Å². The normalized spacial score (nSPS) is 22.8. The number of esters is 1. The molecule has 1 aromatic carbocycles. The molecule has 0 spiro atoms. The summed E-state index contributed by atoms with van der Waals surface area (Å²) in [7, 11) is 0. The lowest BCUT2D eigenvalue weighted by Gasteiger charge is -2.34. The van der Waals surface area contributed by atoms with E-state index in [1.807, 2.05) is 18.2 Å². The average molecular weight is 467 g/mol. The third-order valence-electron chi connectivity index (χ3n) is 6.72. The highest BCUT2D eigenvalue weighted by Gasteiger charge is 2.54. The Balaban J connectivity index is 1.55. The topological polar surface area (TPSA) is 102 Å². The molecule has 0 N–H and O–H groups in total. The van der Waals surface area contributed by atoms with Crippen molar-refractivity contribution in [3.05, 3.63) is 54.6 Å². The third-order valence-corrected chi connectivity index (χ3v) is 6.72. The van der Waals surface area contributed by atoms with Crippen LogP contribution in [0, 0.1) is 5.92 Å². The third kappa shape index (κ3) is 4.73. The number of carbonyl (C=O) groups is 4. The Morgan fingerprint density at radius 2 is 1.97 bits per heavy atom. The van der Waals surface area contributed by atoms with Gasteiger partial charge in [-0.15, -0.1) is 0 Å². The fraction of sp³-hybridized carbons (Fsp3) is 0.480. The van der Waals surface area contributed by atoms with Gasteiger partial charge in [0.15, 0.2) is 0 Å². The Bertz CT molecular complexity index is 1040. The number of benzene rings is 1. The minimum atomic E-state index is -1.25. The zero-order valence-corrected chi connectivity index (χ0v) is 19.4. The number of aromatic nitrogens is 2. The number of nitrogens with zero attached hydrogens (tertiary/aromatic N) is 4. The second-order valence-electron chi connectivity index (χ2n) is 8.88. The highest BCUT2D eigenvalue weighted by molar-refractivity contribution is 6.10. The van der Waals surface area contributed by atoms with E-state index in [2.05, 4.69) is 4.98 Å². The number of rotatable bonds is 8. The molecule has 1 aromatic heterocycles. The van der Waals surface area contributed by atoms with Gasteiger partial charge in [0.1, 0.15) is 0 Å². The fourth-order valence-corrected chi connectivity index (χ4v) is 4.91. The molecule has 0 bridgehead atoms. The minimum absolute atomic E-state index is 0.0549. The molecule has 2 aliphatic heterocycles. The summed E-state index contributed by atoms with van der Waals surface area (Å²) in [5, 5.41) is 0. The molecule has 2 aromatic rings. The molecule has 0 aliphatic carbocycles. The molecule has 3 amide bonds. The lowest BCUT2D eigenvalue weighted by Crippen LogP contribution is -2.47. The van der Waals surface area contributed by atoms with Gasteiger partial charge in [-0.3, -0.25) is 24.1 Å². The summed E-state index contributed by atoms with van der Waals surface area (Å²) in [6.07, 6.45) is 6.25. The SMILES string of the molecule is CCOC(=O)[C@H]1CCCN(C(=O)C[C@]2(c3ccccc3)CC(=O)N(CCn3ccnc3)C2=O)C1. The van der Waals surface area contributed by atoms with Crippen LogP contribution in [0.5, 0.6) is 0 Å². The number of ether oxygens (including phenoxy) is 1. The van der Waals surface area contributed by atoms with Crippen LogP contribution in [0.2, 0.25) is 0 Å². The van der Waals surface area contributed by atoms with Crippen molar-refractivity contribution in [2.24, 2.45) is 5.92 Å². The molecule has 0 saturated carbocycles. The van der Waals surface area contributed by atoms with Gasteiger partial charge in [-0.1, -0.05) is 30.3 Å². The largest absolute Gasteiger partial charge is 0.466 e. The molecule has 0 unspecified atom stereocenters. The van der Waals surface area contributed by atoms with Gasteiger partial charge in [0.2, 0.25) is 17.7 Å². The van der Waals surface area contributed by atoms with Crippen LogP contribution in [-0.2, 0) is 35.9 Å². The molecule has 3 heterocycles. The van der Waals surface area contributed by atoms with E-state index in [-0.39, 0.29) is 55.5 Å². The van der Waals surface area contributed by atoms with Crippen LogP contribution in [0.25, 0.3) is 0 Å². The van der Waals surface area contributed by atoms with Crippen molar-refractivity contribution >= 4 is 23.7 Å². The lowest BCUT2D eigenvalue weighted by atomic mass is 9.75. The number of hydrogen-bond donors (Lipinski definition) is 0. The van der Waals surface area contributed by atoms with Crippen LogP contribution in [0.4, 0.5) is 0 Å². The van der Waals surface area contributed by atoms with Gasteiger partial charge in [-0.25, -0.2) is 4.98 Å². The van der Waals surface area contributed by atoms with Gasteiger partial charge in [0.25, 0.3) is 0 Å². The van der Waals surface area contributed by atoms with E-state index >= 15 is 0 Å². The Morgan fingerprint density at radius 3 is 2.68 bits per heavy atom. The predicted molar refractivity (Wildman–Crippen MR) is 122 cm³/mol. The second-order valence-corrected chi connectivity index (χ2v) is 8.88. The summed E-state index contributed by atoms with van der Waals surface area (Å²) in [5.74, 6) is -1.52. The van der Waals surface area contributed by atoms with Crippen molar-refractivity contribution < 1.29 is 23.9 Å². The molecule has 2 fully saturated rings. The maximum absolute atomic E-state index is 13.7. The summed E-state index contributed by atoms with van der Waals surface area (Å²) in [5.41, 5.74) is -0.591. The van der Waals surface area contributed by atoms with Crippen LogP contribution in [0.1, 0.15) is 38.2 Å². The second kappa shape index (κ2) is 10.2. The number of amides is 3. The highest BCUT2D eigenvalue weighted by atomic mass is 16.5. The molecule has 2 atom stereocenters. The first kappa shape index (κ1) is 23.7. The number of piperidine rings is 1. The maximum atomic E-state index is 13.7. The van der Waals surface area contributed by atoms with E-state index < -0.39 is 5.41 Å². The maximum Gasteiger partial charge on any atom is 0.310 e. The summed E-state index contributed by atoms with van der Waals surface area (Å²) in [6, 6.07) is 9.06. The standard InChI is InChI=1S/C25H30N4O5/c1-2-34-23(32)19-7-6-11-28(17-19)21(30)15-25(20-8-4-3-5-9-20)16-22(31)29(24(25)33)14-13-27-12-10-26-18-27/h3-5,8-10,12,18-19H,2,6-7,11,13-17H2,1H3/t19-,25+/m0/s1. The number of likely N-dealkylation sites (tertiary alicyclic amines) is 2. The van der Waals surface area contributed by atoms with Crippen LogP contribution in [0.15, 0.2) is 49.1 Å². The Hall–Kier alpha value is -3.49. The van der Waals surface area contributed by atoms with E-state index in [0.29, 0.717) is 38.1 Å². The molecule has 9 nitrogen and oxygen atoms in total. The summed E-state index contributed by atoms with van der Waals surface area (Å²) < 4.78 is 6.95. The van der Waals surface area contributed by atoms with Gasteiger partial charge < -0.3 is 14.2 Å². The summed E-state index contributed by atoms with van der Waals surface area (Å²) in [6.45, 7) is 3.50. The molecule has 180 valence electrons. The van der Waals surface area contributed by atoms with Gasteiger partial charge in [0.05, 0.1) is 24.3 Å². The smallest absolute Gasteiger partial charge is 0.310 e. The van der Waals surface area contributed by atoms with Crippen molar-refractivity contribution in [2.45, 2.75) is 44.6 Å². The minimum Gasteiger partial charge on any atom is -0.466 e. The zero-order chi connectivity index (χ0) is 24.1. The van der Waals surface area contributed by atoms with Crippen molar-refractivity contribution in [1.82, 2.24) is 19.4 Å². The molecule has 0 radical (unpaired) electrons. The van der Waals surface area contributed by atoms with Crippen LogP contribution in [0.3, 0.4) is 0 Å². The quantitative estimate of drug-likeness (QED) is 0.434. The lowest BCUT2D eigenvalue weighted by molar-refractivity contribution is -0.152. The molecular formula is C25H30N4O5. The van der Waals surface area contributed by atoms with E-state index in [1.54, 1.807) is 47.2 Å². The van der Waals surface area contributed by atoms with Crippen molar-refractivity contribution in [3.63, 3.8) is 0 Å². The van der Waals surface area contributed by atoms with Gasteiger partial charge >= 0.3 is 5.97 Å². The van der Waals surface area contributed by atoms with Crippen LogP contribution < -0.4 is 0 Å². The summed E-state index contributed by atoms with van der Waals surface area (Å²) >= 11 is 0. The van der Waals surface area contributed by atoms with E-state index in [4.69, 9.17) is 4.74 Å². The number of hydrogen-bond acceptors (Lipinski definition) is 6. The number of carbonyl (C=O) groups excluding carboxylic acids is 4. The first-order valence-electron chi connectivity index (χ1n) is 11.7. The summed E-state index contributed by atoms with van der Waals surface area (Å²) in [4.78, 5) is 59.3. The zero-order valence-electron chi connectivity index (χ0n) is 19.4. The first-order chi connectivity index (χ1) is 16.4. The Labute approximate surface area is 198 Å². The van der Waals surface area contributed by atoms with E-state index in [9.17, 15) is 19.2 Å². The molecule has 9 heteroatoms. The van der Waals surface area contributed by atoms with Crippen molar-refractivity contribution in [2.75, 3.05) is 26.2 Å². The molecular weight excluding hydrogens is 436 g/mol. The van der Waals surface area contributed by atoms with E-state index in [0.717, 1.165) is 0 Å². The monoisotopic (exact) mass is 466 g/mol. The number of imidazole rings is 1. The highest BCUT2D eigenvalue weighted by Crippen LogP contribution is 2.40. The Morgan fingerprint density at radius 1 is 1.18 bits per heavy atom. The molecule has 2 saturated heterocycles. The van der Waals surface area contributed by atoms with Crippen molar-refractivity contribution in [1.29, 1.82) is 0 Å². The first-order valence-corrected chi connectivity index (χ1v) is 11.7. The van der Waals surface area contributed by atoms with Gasteiger partial charge in [-0.05, 0) is 25.3 Å². The Kier molecular flexibility index (Phi) is 7.09. The molecule has 2 aliphatic rings. The van der Waals surface area contributed by atoms with Crippen LogP contribution >= 0.6 is 0 Å². The van der Waals surface area contributed by atoms with Crippen molar-refractivity contribution in [3.8, 4) is 0 Å².